The first kappa shape index (κ1) is 22.0. The van der Waals surface area contributed by atoms with Crippen LogP contribution < -0.4 is 4.90 Å². The number of carbonyl (C=O) groups is 3. The summed E-state index contributed by atoms with van der Waals surface area (Å²) in [4.78, 5) is 40.8. The molecule has 0 aliphatic carbocycles. The average molecular weight is 419 g/mol. The van der Waals surface area contributed by atoms with Crippen LogP contribution in [0.1, 0.15) is 52.6 Å². The summed E-state index contributed by atoms with van der Waals surface area (Å²) in [7, 11) is 1.66. The number of esters is 1. The highest BCUT2D eigenvalue weighted by molar-refractivity contribution is 6.07. The van der Waals surface area contributed by atoms with Crippen LogP contribution in [-0.4, -0.2) is 48.4 Å². The first-order valence-corrected chi connectivity index (χ1v) is 10.0. The molecule has 160 valence electrons. The highest BCUT2D eigenvalue weighted by Crippen LogP contribution is 2.23. The van der Waals surface area contributed by atoms with E-state index in [9.17, 15) is 14.4 Å². The van der Waals surface area contributed by atoms with E-state index in [-0.39, 0.29) is 18.4 Å². The van der Waals surface area contributed by atoms with E-state index in [1.807, 2.05) is 0 Å². The summed E-state index contributed by atoms with van der Waals surface area (Å²) in [5.41, 5.74) is 2.33. The highest BCUT2D eigenvalue weighted by atomic mass is 16.6. The van der Waals surface area contributed by atoms with Gasteiger partial charge in [-0.05, 0) is 75.2 Å². The number of rotatable bonds is 4. The second-order valence-corrected chi connectivity index (χ2v) is 8.46. The van der Waals surface area contributed by atoms with E-state index in [1.165, 1.54) is 9.80 Å². The molecule has 0 N–H and O–H groups in total. The van der Waals surface area contributed by atoms with Gasteiger partial charge in [0.05, 0.1) is 11.6 Å². The lowest BCUT2D eigenvalue weighted by Crippen LogP contribution is -2.42. The second-order valence-electron chi connectivity index (χ2n) is 8.46. The van der Waals surface area contributed by atoms with Gasteiger partial charge in [-0.15, -0.1) is 0 Å². The minimum absolute atomic E-state index is 0.0995. The van der Waals surface area contributed by atoms with Gasteiger partial charge in [-0.2, -0.15) is 5.26 Å². The molecule has 3 rings (SSSR count). The van der Waals surface area contributed by atoms with Gasteiger partial charge in [0.15, 0.2) is 0 Å². The predicted molar refractivity (Wildman–Crippen MR) is 116 cm³/mol. The van der Waals surface area contributed by atoms with Gasteiger partial charge in [0, 0.05) is 30.4 Å². The Hall–Kier alpha value is -3.66. The van der Waals surface area contributed by atoms with E-state index in [0.29, 0.717) is 35.3 Å². The third kappa shape index (κ3) is 5.10. The van der Waals surface area contributed by atoms with Gasteiger partial charge in [0.2, 0.25) is 0 Å². The summed E-state index contributed by atoms with van der Waals surface area (Å²) in [6, 6.07) is 13.8. The van der Waals surface area contributed by atoms with Crippen LogP contribution >= 0.6 is 0 Å². The molecule has 7 heteroatoms. The molecule has 7 nitrogen and oxygen atoms in total. The molecule has 0 radical (unpaired) electrons. The van der Waals surface area contributed by atoms with Crippen molar-refractivity contribution in [2.45, 2.75) is 32.8 Å². The summed E-state index contributed by atoms with van der Waals surface area (Å²) in [6.07, 6.45) is 0.547. The van der Waals surface area contributed by atoms with E-state index in [4.69, 9.17) is 10.00 Å². The Balaban J connectivity index is 1.74. The van der Waals surface area contributed by atoms with Crippen molar-refractivity contribution < 1.29 is 19.1 Å². The van der Waals surface area contributed by atoms with Gasteiger partial charge in [0.25, 0.3) is 11.8 Å². The van der Waals surface area contributed by atoms with Crippen molar-refractivity contribution in [1.82, 2.24) is 4.90 Å². The number of amides is 2. The van der Waals surface area contributed by atoms with E-state index in [1.54, 1.807) is 70.3 Å². The standard InChI is InChI=1S/C24H25N3O4/c1-24(2,3)31-21(28)15-27-12-11-17-13-18(7-10-20(17)23(27)30)22(29)26(4)19-8-5-16(14-25)6-9-19/h5-10,13H,11-12,15H2,1-4H3. The summed E-state index contributed by atoms with van der Waals surface area (Å²) < 4.78 is 5.31. The third-order valence-corrected chi connectivity index (χ3v) is 4.95. The quantitative estimate of drug-likeness (QED) is 0.710. The van der Waals surface area contributed by atoms with Crippen molar-refractivity contribution >= 4 is 23.5 Å². The molecule has 2 amide bonds. The molecule has 0 fully saturated rings. The molecule has 31 heavy (non-hydrogen) atoms. The van der Waals surface area contributed by atoms with Crippen molar-refractivity contribution in [3.05, 3.63) is 64.7 Å². The molecule has 2 aromatic carbocycles. The number of benzene rings is 2. The molecule has 0 saturated carbocycles. The smallest absolute Gasteiger partial charge is 0.326 e. The Labute approximate surface area is 181 Å². The minimum Gasteiger partial charge on any atom is -0.459 e. The van der Waals surface area contributed by atoms with Crippen LogP contribution in [0.5, 0.6) is 0 Å². The monoisotopic (exact) mass is 419 g/mol. The van der Waals surface area contributed by atoms with E-state index in [0.717, 1.165) is 5.56 Å². The van der Waals surface area contributed by atoms with E-state index >= 15 is 0 Å². The fourth-order valence-electron chi connectivity index (χ4n) is 3.42. The van der Waals surface area contributed by atoms with Crippen molar-refractivity contribution in [2.75, 3.05) is 25.0 Å². The summed E-state index contributed by atoms with van der Waals surface area (Å²) >= 11 is 0. The maximum Gasteiger partial charge on any atom is 0.326 e. The zero-order valence-corrected chi connectivity index (χ0v) is 18.1. The molecule has 0 unspecified atom stereocenters. The van der Waals surface area contributed by atoms with Crippen LogP contribution in [0.25, 0.3) is 0 Å². The lowest BCUT2D eigenvalue weighted by Gasteiger charge is -2.29. The van der Waals surface area contributed by atoms with E-state index < -0.39 is 11.6 Å². The molecule has 0 bridgehead atoms. The van der Waals surface area contributed by atoms with Gasteiger partial charge < -0.3 is 14.5 Å². The molecule has 0 atom stereocenters. The van der Waals surface area contributed by atoms with Crippen LogP contribution in [-0.2, 0) is 16.0 Å². The first-order valence-electron chi connectivity index (χ1n) is 10.0. The maximum absolute atomic E-state index is 12.9. The number of nitriles is 1. The molecule has 0 spiro atoms. The predicted octanol–water partition coefficient (Wildman–Crippen LogP) is 3.17. The normalized spacial score (nSPS) is 13.3. The number of hydrogen-bond donors (Lipinski definition) is 0. The zero-order chi connectivity index (χ0) is 22.8. The van der Waals surface area contributed by atoms with Crippen LogP contribution in [0.2, 0.25) is 0 Å². The Morgan fingerprint density at radius 3 is 2.45 bits per heavy atom. The Bertz CT molecular complexity index is 1060. The van der Waals surface area contributed by atoms with Crippen molar-refractivity contribution in [3.8, 4) is 6.07 Å². The highest BCUT2D eigenvalue weighted by Gasteiger charge is 2.28. The molecule has 1 heterocycles. The second kappa shape index (κ2) is 8.60. The lowest BCUT2D eigenvalue weighted by molar-refractivity contribution is -0.155. The molecule has 0 aromatic heterocycles. The molecule has 1 aliphatic heterocycles. The van der Waals surface area contributed by atoms with Crippen LogP contribution in [0.15, 0.2) is 42.5 Å². The first-order chi connectivity index (χ1) is 14.6. The number of nitrogens with zero attached hydrogens (tertiary/aromatic N) is 3. The van der Waals surface area contributed by atoms with E-state index in [2.05, 4.69) is 6.07 Å². The Morgan fingerprint density at radius 1 is 1.16 bits per heavy atom. The third-order valence-electron chi connectivity index (χ3n) is 4.95. The Morgan fingerprint density at radius 2 is 1.84 bits per heavy atom. The molecule has 0 saturated heterocycles. The number of anilines is 1. The zero-order valence-electron chi connectivity index (χ0n) is 18.1. The number of carbonyl (C=O) groups excluding carboxylic acids is 3. The average Bonchev–Trinajstić information content (AvgIpc) is 2.73. The maximum atomic E-state index is 12.9. The van der Waals surface area contributed by atoms with Crippen molar-refractivity contribution in [1.29, 1.82) is 5.26 Å². The van der Waals surface area contributed by atoms with Gasteiger partial charge >= 0.3 is 5.97 Å². The SMILES string of the molecule is CN(C(=O)c1ccc2c(c1)CCN(CC(=O)OC(C)(C)C)C2=O)c1ccc(C#N)cc1. The van der Waals surface area contributed by atoms with Crippen LogP contribution in [0, 0.1) is 11.3 Å². The largest absolute Gasteiger partial charge is 0.459 e. The fourth-order valence-corrected chi connectivity index (χ4v) is 3.42. The van der Waals surface area contributed by atoms with Gasteiger partial charge in [-0.25, -0.2) is 0 Å². The molecular formula is C24H25N3O4. The van der Waals surface area contributed by atoms with Gasteiger partial charge in [-0.1, -0.05) is 0 Å². The minimum atomic E-state index is -0.607. The topological polar surface area (TPSA) is 90.7 Å². The van der Waals surface area contributed by atoms with Crippen LogP contribution in [0.4, 0.5) is 5.69 Å². The fraction of sp³-hybridized carbons (Fsp3) is 0.333. The number of hydrogen-bond acceptors (Lipinski definition) is 5. The Kier molecular flexibility index (Phi) is 6.11. The van der Waals surface area contributed by atoms with Gasteiger partial charge in [-0.3, -0.25) is 14.4 Å². The summed E-state index contributed by atoms with van der Waals surface area (Å²) in [5.74, 6) is -0.900. The summed E-state index contributed by atoms with van der Waals surface area (Å²) in [6.45, 7) is 5.63. The number of fused-ring (bicyclic) bond motifs is 1. The molecular weight excluding hydrogens is 394 g/mol. The van der Waals surface area contributed by atoms with Crippen molar-refractivity contribution in [3.63, 3.8) is 0 Å². The molecule has 1 aliphatic rings. The summed E-state index contributed by atoms with van der Waals surface area (Å²) in [5, 5.41) is 8.92. The van der Waals surface area contributed by atoms with Crippen molar-refractivity contribution in [2.24, 2.45) is 0 Å². The number of ether oxygens (including phenoxy) is 1. The van der Waals surface area contributed by atoms with Gasteiger partial charge in [0.1, 0.15) is 12.1 Å². The molecule has 2 aromatic rings. The van der Waals surface area contributed by atoms with Crippen LogP contribution in [0.3, 0.4) is 0 Å². The lowest BCUT2D eigenvalue weighted by atomic mass is 9.96.